The first-order valence-electron chi connectivity index (χ1n) is 14.0. The Bertz CT molecular complexity index is 1360. The van der Waals surface area contributed by atoms with Crippen LogP contribution < -0.4 is 10.6 Å². The third-order valence-corrected chi connectivity index (χ3v) is 9.56. The molecule has 1 aromatic carbocycles. The SMILES string of the molecule is CN(C)c1cc(CCC2CCCC2)c(O)c2c1CC1CC3C(N(C)C)C(O)=C(C(N)=O)C(=O)C3(O)C(O)=C1C2=O. The zero-order valence-electron chi connectivity index (χ0n) is 23.5. The lowest BCUT2D eigenvalue weighted by Crippen LogP contribution is -2.63. The fraction of sp³-hybridized carbons (Fsp3) is 0.567. The van der Waals surface area contributed by atoms with Gasteiger partial charge in [0, 0.05) is 31.3 Å². The number of ketones is 2. The average molecular weight is 554 g/mol. The van der Waals surface area contributed by atoms with E-state index in [1.54, 1.807) is 19.0 Å². The number of fused-ring (bicyclic) bond motifs is 3. The van der Waals surface area contributed by atoms with Crippen LogP contribution in [0.25, 0.3) is 0 Å². The van der Waals surface area contributed by atoms with Gasteiger partial charge in [-0.05, 0) is 68.8 Å². The number of rotatable bonds is 6. The molecule has 0 spiro atoms. The molecule has 0 aromatic heterocycles. The van der Waals surface area contributed by atoms with Crippen LogP contribution in [0, 0.1) is 17.8 Å². The van der Waals surface area contributed by atoms with E-state index in [1.807, 2.05) is 25.1 Å². The fourth-order valence-corrected chi connectivity index (χ4v) is 7.60. The number of likely N-dealkylation sites (N-methyl/N-ethyl adjacent to an activating group) is 1. The number of aromatic hydroxyl groups is 1. The Morgan fingerprint density at radius 3 is 2.33 bits per heavy atom. The molecule has 10 nitrogen and oxygen atoms in total. The van der Waals surface area contributed by atoms with Gasteiger partial charge in [0.2, 0.25) is 5.78 Å². The normalized spacial score (nSPS) is 28.6. The Kier molecular flexibility index (Phi) is 6.99. The first kappa shape index (κ1) is 28.2. The van der Waals surface area contributed by atoms with E-state index >= 15 is 0 Å². The number of allylic oxidation sites excluding steroid dienone is 1. The van der Waals surface area contributed by atoms with Gasteiger partial charge in [-0.25, -0.2) is 0 Å². The molecule has 4 aliphatic carbocycles. The molecule has 216 valence electrons. The summed E-state index contributed by atoms with van der Waals surface area (Å²) in [5.74, 6) is -5.70. The van der Waals surface area contributed by atoms with Crippen LogP contribution in [0.4, 0.5) is 5.69 Å². The summed E-state index contributed by atoms with van der Waals surface area (Å²) in [5.41, 5.74) is 4.00. The Morgan fingerprint density at radius 2 is 1.75 bits per heavy atom. The zero-order chi connectivity index (χ0) is 29.3. The summed E-state index contributed by atoms with van der Waals surface area (Å²) in [5, 5.41) is 45.6. The number of primary amides is 1. The number of carbonyl (C=O) groups is 3. The van der Waals surface area contributed by atoms with Gasteiger partial charge >= 0.3 is 0 Å². The van der Waals surface area contributed by atoms with Crippen molar-refractivity contribution in [1.29, 1.82) is 0 Å². The number of aryl methyl sites for hydroxylation is 1. The third-order valence-electron chi connectivity index (χ3n) is 9.56. The predicted molar refractivity (Wildman–Crippen MR) is 148 cm³/mol. The molecule has 1 amide bonds. The van der Waals surface area contributed by atoms with Crippen molar-refractivity contribution in [2.24, 2.45) is 23.5 Å². The standard InChI is InChI=1S/C30H39N3O7/c1-32(2)19-13-15(10-9-14-7-5-6-8-14)24(34)21-17(19)11-16-12-18-23(33(3)4)26(36)22(29(31)39)28(38)30(18,40)27(37)20(16)25(21)35/h13-14,16,18,23,34,36-37,40H,5-12H2,1-4H3,(H2,31,39). The second kappa shape index (κ2) is 9.92. The zero-order valence-corrected chi connectivity index (χ0v) is 23.5. The van der Waals surface area contributed by atoms with Gasteiger partial charge in [-0.1, -0.05) is 25.7 Å². The highest BCUT2D eigenvalue weighted by molar-refractivity contribution is 6.24. The molecule has 4 unspecified atom stereocenters. The number of phenolic OH excluding ortho intramolecular Hbond substituents is 1. The van der Waals surface area contributed by atoms with Crippen molar-refractivity contribution in [3.8, 4) is 5.75 Å². The van der Waals surface area contributed by atoms with Gasteiger partial charge in [-0.2, -0.15) is 0 Å². The molecule has 5 rings (SSSR count). The largest absolute Gasteiger partial charge is 0.510 e. The van der Waals surface area contributed by atoms with Gasteiger partial charge in [0.15, 0.2) is 11.4 Å². The van der Waals surface area contributed by atoms with E-state index in [2.05, 4.69) is 0 Å². The summed E-state index contributed by atoms with van der Waals surface area (Å²) in [4.78, 5) is 43.2. The first-order chi connectivity index (χ1) is 18.8. The van der Waals surface area contributed by atoms with E-state index in [1.165, 1.54) is 12.8 Å². The molecule has 4 aliphatic rings. The molecule has 1 saturated carbocycles. The van der Waals surface area contributed by atoms with Crippen LogP contribution in [-0.2, 0) is 22.4 Å². The highest BCUT2D eigenvalue weighted by Gasteiger charge is 2.63. The highest BCUT2D eigenvalue weighted by atomic mass is 16.3. The van der Waals surface area contributed by atoms with Crippen molar-refractivity contribution < 1.29 is 34.8 Å². The number of anilines is 1. The highest BCUT2D eigenvalue weighted by Crippen LogP contribution is 2.53. The van der Waals surface area contributed by atoms with Crippen LogP contribution in [0.1, 0.15) is 60.0 Å². The minimum absolute atomic E-state index is 0.0722. The minimum atomic E-state index is -2.63. The van der Waals surface area contributed by atoms with Crippen molar-refractivity contribution >= 4 is 23.2 Å². The maximum atomic E-state index is 14.1. The van der Waals surface area contributed by atoms with Gasteiger partial charge in [0.1, 0.15) is 22.8 Å². The molecule has 0 heterocycles. The Labute approximate surface area is 233 Å². The van der Waals surface area contributed by atoms with Crippen molar-refractivity contribution in [3.05, 3.63) is 45.4 Å². The van der Waals surface area contributed by atoms with Crippen molar-refractivity contribution in [2.45, 2.75) is 63.0 Å². The molecule has 1 aromatic rings. The Balaban J connectivity index is 1.65. The maximum absolute atomic E-state index is 14.1. The number of Topliss-reactive ketones (excluding diaryl/α,β-unsaturated/α-hetero) is 2. The number of phenols is 1. The molecule has 10 heteroatoms. The summed E-state index contributed by atoms with van der Waals surface area (Å²) in [6.45, 7) is 0. The summed E-state index contributed by atoms with van der Waals surface area (Å²) < 4.78 is 0. The van der Waals surface area contributed by atoms with Crippen molar-refractivity contribution in [2.75, 3.05) is 33.1 Å². The molecule has 6 N–H and O–H groups in total. The van der Waals surface area contributed by atoms with Crippen molar-refractivity contribution in [3.63, 3.8) is 0 Å². The van der Waals surface area contributed by atoms with Gasteiger partial charge in [0.25, 0.3) is 5.91 Å². The number of amides is 1. The summed E-state index contributed by atoms with van der Waals surface area (Å²) in [6, 6.07) is 0.926. The van der Waals surface area contributed by atoms with E-state index < -0.39 is 58.0 Å². The van der Waals surface area contributed by atoms with Crippen LogP contribution in [-0.4, -0.2) is 82.6 Å². The molecule has 0 saturated heterocycles. The lowest BCUT2D eigenvalue weighted by atomic mass is 9.58. The smallest absolute Gasteiger partial charge is 0.255 e. The minimum Gasteiger partial charge on any atom is -0.510 e. The number of aliphatic hydroxyl groups excluding tert-OH is 2. The van der Waals surface area contributed by atoms with Crippen LogP contribution in [0.5, 0.6) is 5.75 Å². The van der Waals surface area contributed by atoms with E-state index in [-0.39, 0.29) is 29.7 Å². The molecular formula is C30H39N3O7. The number of carbonyl (C=O) groups excluding carboxylic acids is 3. The fourth-order valence-electron chi connectivity index (χ4n) is 7.60. The molecule has 0 bridgehead atoms. The van der Waals surface area contributed by atoms with E-state index in [9.17, 15) is 34.8 Å². The quantitative estimate of drug-likeness (QED) is 0.332. The lowest BCUT2D eigenvalue weighted by Gasteiger charge is -2.50. The Hall–Kier alpha value is -3.37. The second-order valence-corrected chi connectivity index (χ2v) is 12.3. The van der Waals surface area contributed by atoms with Crippen LogP contribution in [0.3, 0.4) is 0 Å². The molecule has 0 aliphatic heterocycles. The van der Waals surface area contributed by atoms with Gasteiger partial charge < -0.3 is 31.1 Å². The third kappa shape index (κ3) is 4.03. The number of hydrogen-bond acceptors (Lipinski definition) is 9. The molecule has 4 atom stereocenters. The maximum Gasteiger partial charge on any atom is 0.255 e. The van der Waals surface area contributed by atoms with Crippen LogP contribution in [0.15, 0.2) is 28.7 Å². The van der Waals surface area contributed by atoms with Gasteiger partial charge in [0.05, 0.1) is 11.6 Å². The van der Waals surface area contributed by atoms with Gasteiger partial charge in [-0.3, -0.25) is 19.3 Å². The summed E-state index contributed by atoms with van der Waals surface area (Å²) >= 11 is 0. The summed E-state index contributed by atoms with van der Waals surface area (Å²) in [7, 11) is 6.97. The van der Waals surface area contributed by atoms with Crippen LogP contribution in [0.2, 0.25) is 0 Å². The predicted octanol–water partition coefficient (Wildman–Crippen LogP) is 2.31. The first-order valence-corrected chi connectivity index (χ1v) is 14.0. The molecule has 40 heavy (non-hydrogen) atoms. The number of hydrogen-bond donors (Lipinski definition) is 5. The second-order valence-electron chi connectivity index (χ2n) is 12.3. The number of benzene rings is 1. The number of nitrogens with zero attached hydrogens (tertiary/aromatic N) is 2. The lowest BCUT2D eigenvalue weighted by molar-refractivity contribution is -0.148. The summed E-state index contributed by atoms with van der Waals surface area (Å²) in [6.07, 6.45) is 6.59. The monoisotopic (exact) mass is 553 g/mol. The molecular weight excluding hydrogens is 514 g/mol. The topological polar surface area (TPSA) is 165 Å². The van der Waals surface area contributed by atoms with E-state index in [4.69, 9.17) is 5.73 Å². The van der Waals surface area contributed by atoms with Gasteiger partial charge in [-0.15, -0.1) is 0 Å². The molecule has 1 fully saturated rings. The van der Waals surface area contributed by atoms with E-state index in [0.717, 1.165) is 24.9 Å². The number of aliphatic hydroxyl groups is 3. The van der Waals surface area contributed by atoms with E-state index in [0.29, 0.717) is 23.5 Å². The van der Waals surface area contributed by atoms with Crippen LogP contribution >= 0.6 is 0 Å². The Morgan fingerprint density at radius 1 is 1.10 bits per heavy atom. The number of nitrogens with two attached hydrogens (primary N) is 1. The molecule has 0 radical (unpaired) electrons. The average Bonchev–Trinajstić information content (AvgIpc) is 3.39. The van der Waals surface area contributed by atoms with Crippen molar-refractivity contribution in [1.82, 2.24) is 4.90 Å².